The Bertz CT molecular complexity index is 930. The second-order valence-electron chi connectivity index (χ2n) is 6.74. The van der Waals surface area contributed by atoms with Gasteiger partial charge in [-0.15, -0.1) is 0 Å². The maximum atomic E-state index is 4.43. The summed E-state index contributed by atoms with van der Waals surface area (Å²) in [7, 11) is 0. The predicted molar refractivity (Wildman–Crippen MR) is 101 cm³/mol. The number of aryl methyl sites for hydroxylation is 2. The van der Waals surface area contributed by atoms with Crippen LogP contribution in [0, 0.1) is 13.8 Å². The zero-order chi connectivity index (χ0) is 16.7. The number of pyridine rings is 1. The Morgan fingerprint density at radius 1 is 1.21 bits per heavy atom. The first-order valence-corrected chi connectivity index (χ1v) is 8.58. The molecule has 0 bridgehead atoms. The summed E-state index contributed by atoms with van der Waals surface area (Å²) in [5.41, 5.74) is 8.97. The third kappa shape index (κ3) is 2.55. The normalized spacial score (nSPS) is 14.9. The average Bonchev–Trinajstić information content (AvgIpc) is 2.89. The van der Waals surface area contributed by atoms with Crippen LogP contribution in [0.25, 0.3) is 22.7 Å². The van der Waals surface area contributed by atoms with Gasteiger partial charge >= 0.3 is 0 Å². The van der Waals surface area contributed by atoms with Crippen molar-refractivity contribution in [3.8, 4) is 0 Å². The molecule has 0 aliphatic carbocycles. The van der Waals surface area contributed by atoms with Crippen molar-refractivity contribution < 1.29 is 0 Å². The second-order valence-corrected chi connectivity index (χ2v) is 6.74. The first-order chi connectivity index (χ1) is 11.6. The maximum absolute atomic E-state index is 4.43. The van der Waals surface area contributed by atoms with Gasteiger partial charge in [0.2, 0.25) is 0 Å². The number of benzene rings is 1. The summed E-state index contributed by atoms with van der Waals surface area (Å²) in [6, 6.07) is 11.0. The maximum Gasteiger partial charge on any atom is 0.0529 e. The second kappa shape index (κ2) is 5.91. The molecule has 0 amide bonds. The molecule has 3 nitrogen and oxygen atoms in total. The fraction of sp³-hybridized carbons (Fsp3) is 0.286. The van der Waals surface area contributed by atoms with Crippen molar-refractivity contribution in [2.75, 3.05) is 6.54 Å². The van der Waals surface area contributed by atoms with Crippen molar-refractivity contribution in [3.05, 3.63) is 64.6 Å². The molecule has 0 fully saturated rings. The highest BCUT2D eigenvalue weighted by molar-refractivity contribution is 5.90. The van der Waals surface area contributed by atoms with Crippen molar-refractivity contribution >= 4 is 22.7 Å². The Balaban J connectivity index is 1.90. The monoisotopic (exact) mass is 317 g/mol. The van der Waals surface area contributed by atoms with Gasteiger partial charge in [-0.1, -0.05) is 17.7 Å². The van der Waals surface area contributed by atoms with Gasteiger partial charge in [0.25, 0.3) is 0 Å². The van der Waals surface area contributed by atoms with Crippen molar-refractivity contribution in [1.82, 2.24) is 14.9 Å². The van der Waals surface area contributed by atoms with Crippen molar-refractivity contribution in [2.45, 2.75) is 33.7 Å². The highest BCUT2D eigenvalue weighted by atomic mass is 15.0. The molecule has 0 radical (unpaired) electrons. The van der Waals surface area contributed by atoms with Crippen LogP contribution in [-0.2, 0) is 13.0 Å². The molecule has 3 heteroatoms. The van der Waals surface area contributed by atoms with Crippen LogP contribution in [0.5, 0.6) is 0 Å². The summed E-state index contributed by atoms with van der Waals surface area (Å²) in [6.07, 6.45) is 5.30. The van der Waals surface area contributed by atoms with Crippen molar-refractivity contribution in [1.29, 1.82) is 0 Å². The Labute approximate surface area is 143 Å². The lowest BCUT2D eigenvalue weighted by Crippen LogP contribution is -2.24. The molecule has 0 spiro atoms. The number of allylic oxidation sites excluding steroid dienone is 1. The van der Waals surface area contributed by atoms with Crippen LogP contribution >= 0.6 is 0 Å². The molecular formula is C21H23N3. The minimum atomic E-state index is 0.960. The Morgan fingerprint density at radius 3 is 2.88 bits per heavy atom. The summed E-state index contributed by atoms with van der Waals surface area (Å²) in [4.78, 5) is 4.43. The van der Waals surface area contributed by atoms with Crippen LogP contribution in [0.15, 0.2) is 36.5 Å². The van der Waals surface area contributed by atoms with Gasteiger partial charge in [0, 0.05) is 48.7 Å². The van der Waals surface area contributed by atoms with Gasteiger partial charge in [-0.3, -0.25) is 4.98 Å². The Kier molecular flexibility index (Phi) is 3.73. The van der Waals surface area contributed by atoms with E-state index in [1.54, 1.807) is 0 Å². The van der Waals surface area contributed by atoms with Gasteiger partial charge in [0.15, 0.2) is 0 Å². The minimum Gasteiger partial charge on any atom is -0.320 e. The molecule has 3 aromatic rings. The van der Waals surface area contributed by atoms with E-state index >= 15 is 0 Å². The number of hydrogen-bond donors (Lipinski definition) is 1. The molecule has 1 N–H and O–H groups in total. The van der Waals surface area contributed by atoms with Gasteiger partial charge in [-0.2, -0.15) is 0 Å². The average molecular weight is 317 g/mol. The molecule has 122 valence electrons. The number of nitrogens with zero attached hydrogens (tertiary/aromatic N) is 2. The molecule has 3 heterocycles. The summed E-state index contributed by atoms with van der Waals surface area (Å²) in [5, 5.41) is 4.89. The van der Waals surface area contributed by atoms with Crippen LogP contribution in [0.4, 0.5) is 0 Å². The number of aromatic nitrogens is 2. The van der Waals surface area contributed by atoms with Crippen LogP contribution in [0.2, 0.25) is 0 Å². The Hall–Kier alpha value is -2.39. The minimum absolute atomic E-state index is 0.960. The van der Waals surface area contributed by atoms with Gasteiger partial charge in [-0.25, -0.2) is 0 Å². The number of nitrogens with one attached hydrogen (secondary N) is 1. The molecule has 4 rings (SSSR count). The molecule has 2 aromatic heterocycles. The molecule has 0 atom stereocenters. The summed E-state index contributed by atoms with van der Waals surface area (Å²) in [5.74, 6) is 0. The first-order valence-electron chi connectivity index (χ1n) is 8.58. The van der Waals surface area contributed by atoms with E-state index in [0.29, 0.717) is 0 Å². The van der Waals surface area contributed by atoms with Gasteiger partial charge in [-0.05, 0) is 55.7 Å². The molecule has 0 unspecified atom stereocenters. The number of fused-ring (bicyclic) bond motifs is 3. The lowest BCUT2D eigenvalue weighted by atomic mass is 10.0. The van der Waals surface area contributed by atoms with Crippen LogP contribution in [-0.4, -0.2) is 16.1 Å². The molecule has 24 heavy (non-hydrogen) atoms. The van der Waals surface area contributed by atoms with E-state index in [1.807, 2.05) is 13.1 Å². The lowest BCUT2D eigenvalue weighted by Gasteiger charge is -2.15. The summed E-state index contributed by atoms with van der Waals surface area (Å²) >= 11 is 0. The van der Waals surface area contributed by atoms with E-state index in [1.165, 1.54) is 38.9 Å². The van der Waals surface area contributed by atoms with Crippen molar-refractivity contribution in [2.24, 2.45) is 0 Å². The summed E-state index contributed by atoms with van der Waals surface area (Å²) in [6.45, 7) is 8.36. The van der Waals surface area contributed by atoms with Gasteiger partial charge < -0.3 is 9.88 Å². The first kappa shape index (κ1) is 15.2. The quantitative estimate of drug-likeness (QED) is 0.763. The van der Waals surface area contributed by atoms with E-state index in [4.69, 9.17) is 0 Å². The van der Waals surface area contributed by atoms with Crippen LogP contribution in [0.1, 0.15) is 35.0 Å². The highest BCUT2D eigenvalue weighted by Gasteiger charge is 2.19. The smallest absolute Gasteiger partial charge is 0.0529 e. The zero-order valence-electron chi connectivity index (χ0n) is 14.6. The standard InChI is InChI=1S/C21H23N3/c1-14-4-7-20-18(10-14)19-12-22-9-8-21(19)24(20)13-15(2)17-6-5-16(3)23-11-17/h4-7,10-11,13,22H,8-9,12H2,1-3H3/b15-13+. The molecule has 0 saturated carbocycles. The van der Waals surface area contributed by atoms with E-state index in [0.717, 1.165) is 25.2 Å². The van der Waals surface area contributed by atoms with E-state index in [2.05, 4.69) is 65.2 Å². The molecule has 0 saturated heterocycles. The number of rotatable bonds is 2. The van der Waals surface area contributed by atoms with Crippen LogP contribution in [0.3, 0.4) is 0 Å². The van der Waals surface area contributed by atoms with Gasteiger partial charge in [0.05, 0.1) is 5.52 Å². The number of hydrogen-bond acceptors (Lipinski definition) is 2. The largest absolute Gasteiger partial charge is 0.320 e. The van der Waals surface area contributed by atoms with E-state index < -0.39 is 0 Å². The molecular weight excluding hydrogens is 294 g/mol. The zero-order valence-corrected chi connectivity index (χ0v) is 14.6. The topological polar surface area (TPSA) is 29.9 Å². The predicted octanol–water partition coefficient (Wildman–Crippen LogP) is 4.32. The third-order valence-electron chi connectivity index (χ3n) is 4.91. The third-order valence-corrected chi connectivity index (χ3v) is 4.91. The fourth-order valence-electron chi connectivity index (χ4n) is 3.55. The molecule has 1 aliphatic rings. The SMILES string of the molecule is C/C(=C\n1c2c(c3cc(C)ccc31)CNCC2)c1ccc(C)nc1. The van der Waals surface area contributed by atoms with Gasteiger partial charge in [0.1, 0.15) is 0 Å². The highest BCUT2D eigenvalue weighted by Crippen LogP contribution is 2.31. The van der Waals surface area contributed by atoms with Crippen LogP contribution < -0.4 is 5.32 Å². The van der Waals surface area contributed by atoms with E-state index in [-0.39, 0.29) is 0 Å². The molecule has 1 aromatic carbocycles. The van der Waals surface area contributed by atoms with Crippen molar-refractivity contribution in [3.63, 3.8) is 0 Å². The Morgan fingerprint density at radius 2 is 2.08 bits per heavy atom. The fourth-order valence-corrected chi connectivity index (χ4v) is 3.55. The summed E-state index contributed by atoms with van der Waals surface area (Å²) < 4.78 is 2.39. The molecule has 1 aliphatic heterocycles. The lowest BCUT2D eigenvalue weighted by molar-refractivity contribution is 0.634. The van der Waals surface area contributed by atoms with E-state index in [9.17, 15) is 0 Å².